The molecule has 0 aliphatic heterocycles. The Morgan fingerprint density at radius 2 is 2.40 bits per heavy atom. The van der Waals surface area contributed by atoms with E-state index in [1.807, 2.05) is 0 Å². The summed E-state index contributed by atoms with van der Waals surface area (Å²) in [5.41, 5.74) is 5.72. The van der Waals surface area contributed by atoms with Crippen molar-refractivity contribution in [1.29, 1.82) is 0 Å². The van der Waals surface area contributed by atoms with Crippen molar-refractivity contribution in [3.63, 3.8) is 0 Å². The van der Waals surface area contributed by atoms with Crippen molar-refractivity contribution in [3.8, 4) is 0 Å². The third-order valence-electron chi connectivity index (χ3n) is 3.36. The average Bonchev–Trinajstić information content (AvgIpc) is 2.20. The second kappa shape index (κ2) is 3.34. The first-order valence-corrected chi connectivity index (χ1v) is 5.07. The Morgan fingerprint density at radius 3 is 2.93 bits per heavy atom. The summed E-state index contributed by atoms with van der Waals surface area (Å²) in [5.74, 6) is 0.377. The fourth-order valence-corrected chi connectivity index (χ4v) is 1.82. The zero-order valence-electron chi connectivity index (χ0n) is 8.95. The van der Waals surface area contributed by atoms with Crippen molar-refractivity contribution < 1.29 is 0 Å². The van der Waals surface area contributed by atoms with Gasteiger partial charge in [0.15, 0.2) is 5.82 Å². The molecule has 2 atom stereocenters. The lowest BCUT2D eigenvalue weighted by Gasteiger charge is -2.50. The van der Waals surface area contributed by atoms with Crippen LogP contribution in [-0.2, 0) is 0 Å². The molecule has 0 spiro atoms. The molecule has 15 heavy (non-hydrogen) atoms. The predicted molar refractivity (Wildman–Crippen MR) is 58.6 cm³/mol. The Hall–Kier alpha value is -1.36. The normalized spacial score (nSPS) is 28.2. The van der Waals surface area contributed by atoms with Gasteiger partial charge in [-0.25, -0.2) is 4.98 Å². The van der Waals surface area contributed by atoms with Crippen LogP contribution >= 0.6 is 0 Å². The Balaban J connectivity index is 2.12. The van der Waals surface area contributed by atoms with E-state index in [9.17, 15) is 4.79 Å². The minimum atomic E-state index is -0.186. The number of hydrogen-bond acceptors (Lipinski definition) is 4. The van der Waals surface area contributed by atoms with E-state index in [0.717, 1.165) is 6.42 Å². The van der Waals surface area contributed by atoms with E-state index in [2.05, 4.69) is 29.1 Å². The molecule has 1 aliphatic rings. The van der Waals surface area contributed by atoms with Crippen molar-refractivity contribution in [3.05, 3.63) is 22.7 Å². The van der Waals surface area contributed by atoms with Crippen LogP contribution < -0.4 is 16.6 Å². The molecule has 82 valence electrons. The zero-order valence-corrected chi connectivity index (χ0v) is 8.95. The number of H-pyrrole nitrogens is 1. The molecule has 2 rings (SSSR count). The summed E-state index contributed by atoms with van der Waals surface area (Å²) in [6.45, 7) is 4.19. The third kappa shape index (κ3) is 1.63. The van der Waals surface area contributed by atoms with Gasteiger partial charge in [-0.3, -0.25) is 4.79 Å². The monoisotopic (exact) mass is 208 g/mol. The highest BCUT2D eigenvalue weighted by atomic mass is 16.1. The quantitative estimate of drug-likeness (QED) is 0.653. The van der Waals surface area contributed by atoms with Gasteiger partial charge in [0.05, 0.1) is 0 Å². The van der Waals surface area contributed by atoms with Crippen LogP contribution in [0.25, 0.3) is 0 Å². The minimum absolute atomic E-state index is 0.0178. The smallest absolute Gasteiger partial charge is 0.290 e. The van der Waals surface area contributed by atoms with Crippen molar-refractivity contribution >= 4 is 5.82 Å². The van der Waals surface area contributed by atoms with Crippen LogP contribution in [0.15, 0.2) is 17.2 Å². The Kier molecular flexibility index (Phi) is 2.26. The number of nitrogens with zero attached hydrogens (tertiary/aromatic N) is 1. The maximum Gasteiger partial charge on any atom is 0.290 e. The maximum atomic E-state index is 11.4. The van der Waals surface area contributed by atoms with Gasteiger partial charge in [0.25, 0.3) is 5.56 Å². The molecule has 0 saturated heterocycles. The van der Waals surface area contributed by atoms with E-state index in [1.165, 1.54) is 6.20 Å². The molecular formula is C10H16N4O. The molecule has 5 nitrogen and oxygen atoms in total. The summed E-state index contributed by atoms with van der Waals surface area (Å²) in [5, 5.41) is 3.13. The number of anilines is 1. The molecule has 0 amide bonds. The van der Waals surface area contributed by atoms with E-state index >= 15 is 0 Å². The van der Waals surface area contributed by atoms with Gasteiger partial charge in [-0.05, 0) is 6.42 Å². The number of nitrogens with two attached hydrogens (primary N) is 1. The van der Waals surface area contributed by atoms with Crippen LogP contribution in [0.1, 0.15) is 20.3 Å². The predicted octanol–water partition coefficient (Wildman–Crippen LogP) is 0.308. The van der Waals surface area contributed by atoms with Gasteiger partial charge >= 0.3 is 0 Å². The Morgan fingerprint density at radius 1 is 1.67 bits per heavy atom. The molecule has 1 saturated carbocycles. The lowest BCUT2D eigenvalue weighted by atomic mass is 9.63. The van der Waals surface area contributed by atoms with Crippen LogP contribution in [-0.4, -0.2) is 22.1 Å². The summed E-state index contributed by atoms with van der Waals surface area (Å²) in [4.78, 5) is 18.0. The fraction of sp³-hybridized carbons (Fsp3) is 0.600. The molecule has 1 aromatic heterocycles. The van der Waals surface area contributed by atoms with Crippen molar-refractivity contribution in [2.24, 2.45) is 11.1 Å². The SMILES string of the molecule is CC1(C)C(N)CC1Nc1ncc[nH]c1=O. The van der Waals surface area contributed by atoms with Crippen molar-refractivity contribution in [2.75, 3.05) is 5.32 Å². The third-order valence-corrected chi connectivity index (χ3v) is 3.36. The van der Waals surface area contributed by atoms with Gasteiger partial charge in [0.1, 0.15) is 0 Å². The van der Waals surface area contributed by atoms with Crippen LogP contribution in [0.5, 0.6) is 0 Å². The number of rotatable bonds is 2. The number of aromatic nitrogens is 2. The number of aromatic amines is 1. The Bertz CT molecular complexity index is 412. The van der Waals surface area contributed by atoms with Crippen molar-refractivity contribution in [2.45, 2.75) is 32.4 Å². The van der Waals surface area contributed by atoms with Gasteiger partial charge in [-0.2, -0.15) is 0 Å². The largest absolute Gasteiger partial charge is 0.362 e. The molecule has 0 aromatic carbocycles. The van der Waals surface area contributed by atoms with Gasteiger partial charge in [-0.1, -0.05) is 13.8 Å². The van der Waals surface area contributed by atoms with Crippen LogP contribution in [0.2, 0.25) is 0 Å². The molecule has 4 N–H and O–H groups in total. The summed E-state index contributed by atoms with van der Waals surface area (Å²) < 4.78 is 0. The zero-order chi connectivity index (χ0) is 11.1. The van der Waals surface area contributed by atoms with Gasteiger partial charge in [-0.15, -0.1) is 0 Å². The molecule has 1 aromatic rings. The fourth-order valence-electron chi connectivity index (χ4n) is 1.82. The first kappa shape index (κ1) is 10.2. The van der Waals surface area contributed by atoms with E-state index in [4.69, 9.17) is 5.73 Å². The maximum absolute atomic E-state index is 11.4. The number of hydrogen-bond donors (Lipinski definition) is 3. The topological polar surface area (TPSA) is 83.8 Å². The lowest BCUT2D eigenvalue weighted by molar-refractivity contribution is 0.117. The van der Waals surface area contributed by atoms with E-state index in [0.29, 0.717) is 5.82 Å². The second-order valence-corrected chi connectivity index (χ2v) is 4.63. The highest BCUT2D eigenvalue weighted by Gasteiger charge is 2.46. The van der Waals surface area contributed by atoms with Crippen LogP contribution in [0.3, 0.4) is 0 Å². The molecule has 1 heterocycles. The minimum Gasteiger partial charge on any atom is -0.362 e. The first-order chi connectivity index (χ1) is 7.01. The standard InChI is InChI=1S/C10H16N4O/c1-10(2)6(11)5-7(10)14-8-9(15)13-4-3-12-8/h3-4,6-7H,5,11H2,1-2H3,(H,12,14)(H,13,15). The molecule has 2 unspecified atom stereocenters. The highest BCUT2D eigenvalue weighted by molar-refractivity contribution is 5.34. The summed E-state index contributed by atoms with van der Waals surface area (Å²) in [7, 11) is 0. The summed E-state index contributed by atoms with van der Waals surface area (Å²) in [6.07, 6.45) is 3.96. The average molecular weight is 208 g/mol. The van der Waals surface area contributed by atoms with E-state index in [1.54, 1.807) is 6.20 Å². The molecule has 0 radical (unpaired) electrons. The van der Waals surface area contributed by atoms with Crippen molar-refractivity contribution in [1.82, 2.24) is 9.97 Å². The number of nitrogens with one attached hydrogen (secondary N) is 2. The summed E-state index contributed by atoms with van der Waals surface area (Å²) in [6, 6.07) is 0.418. The molecule has 0 bridgehead atoms. The van der Waals surface area contributed by atoms with Gasteiger partial charge < -0.3 is 16.0 Å². The first-order valence-electron chi connectivity index (χ1n) is 5.07. The molecule has 1 aliphatic carbocycles. The van der Waals surface area contributed by atoms with Crippen LogP contribution in [0.4, 0.5) is 5.82 Å². The molecule has 1 fully saturated rings. The van der Waals surface area contributed by atoms with Gasteiger partial charge in [0, 0.05) is 29.9 Å². The van der Waals surface area contributed by atoms with E-state index in [-0.39, 0.29) is 23.1 Å². The van der Waals surface area contributed by atoms with Crippen LogP contribution in [0, 0.1) is 5.41 Å². The van der Waals surface area contributed by atoms with Gasteiger partial charge in [0.2, 0.25) is 0 Å². The molecule has 5 heteroatoms. The van der Waals surface area contributed by atoms with E-state index < -0.39 is 0 Å². The lowest BCUT2D eigenvalue weighted by Crippen LogP contribution is -2.61. The summed E-state index contributed by atoms with van der Waals surface area (Å²) >= 11 is 0. The molecular weight excluding hydrogens is 192 g/mol. The Labute approximate surface area is 88.1 Å². The highest BCUT2D eigenvalue weighted by Crippen LogP contribution is 2.40. The second-order valence-electron chi connectivity index (χ2n) is 4.63.